The minimum Gasteiger partial charge on any atom is -0.391 e. The summed E-state index contributed by atoms with van der Waals surface area (Å²) in [6.07, 6.45) is -0.311. The van der Waals surface area contributed by atoms with Crippen LogP contribution >= 0.6 is 0 Å². The summed E-state index contributed by atoms with van der Waals surface area (Å²) in [6.45, 7) is -0.0728. The Kier molecular flexibility index (Phi) is 6.05. The summed E-state index contributed by atoms with van der Waals surface area (Å²) in [6, 6.07) is 11.9. The van der Waals surface area contributed by atoms with E-state index >= 15 is 0 Å². The molecule has 2 aromatic rings. The lowest BCUT2D eigenvalue weighted by Gasteiger charge is -2.13. The first kappa shape index (κ1) is 16.9. The molecule has 0 fully saturated rings. The molecule has 0 saturated carbocycles. The van der Waals surface area contributed by atoms with Gasteiger partial charge in [-0.3, -0.25) is 0 Å². The van der Waals surface area contributed by atoms with Crippen molar-refractivity contribution in [1.29, 1.82) is 0 Å². The average molecular weight is 320 g/mol. The highest BCUT2D eigenvalue weighted by Gasteiger charge is 2.09. The van der Waals surface area contributed by atoms with Crippen molar-refractivity contribution in [2.75, 3.05) is 6.54 Å². The van der Waals surface area contributed by atoms with Crippen LogP contribution in [0.15, 0.2) is 48.5 Å². The summed E-state index contributed by atoms with van der Waals surface area (Å²) in [5.74, 6) is -1.15. The second-order valence-electron chi connectivity index (χ2n) is 5.14. The molecular weight excluding hydrogens is 302 g/mol. The van der Waals surface area contributed by atoms with E-state index in [0.29, 0.717) is 6.42 Å². The van der Waals surface area contributed by atoms with Crippen molar-refractivity contribution in [1.82, 2.24) is 10.6 Å². The van der Waals surface area contributed by atoms with Crippen molar-refractivity contribution in [2.45, 2.75) is 19.1 Å². The maximum atomic E-state index is 13.4. The monoisotopic (exact) mass is 320 g/mol. The van der Waals surface area contributed by atoms with Crippen molar-refractivity contribution in [3.63, 3.8) is 0 Å². The zero-order chi connectivity index (χ0) is 16.7. The highest BCUT2D eigenvalue weighted by molar-refractivity contribution is 5.73. The van der Waals surface area contributed by atoms with E-state index < -0.39 is 23.8 Å². The van der Waals surface area contributed by atoms with Crippen LogP contribution < -0.4 is 10.6 Å². The number of rotatable bonds is 6. The normalized spacial score (nSPS) is 11.8. The Hall–Kier alpha value is -2.47. The smallest absolute Gasteiger partial charge is 0.315 e. The molecule has 2 rings (SSSR count). The van der Waals surface area contributed by atoms with E-state index in [1.807, 2.05) is 30.3 Å². The van der Waals surface area contributed by atoms with Gasteiger partial charge >= 0.3 is 6.03 Å². The number of hydrogen-bond donors (Lipinski definition) is 3. The number of aliphatic hydroxyl groups excluding tert-OH is 1. The highest BCUT2D eigenvalue weighted by atomic mass is 19.1. The molecule has 0 radical (unpaired) electrons. The summed E-state index contributed by atoms with van der Waals surface area (Å²) >= 11 is 0. The first-order valence-corrected chi connectivity index (χ1v) is 7.22. The van der Waals surface area contributed by atoms with Crippen LogP contribution in [0.4, 0.5) is 13.6 Å². The Morgan fingerprint density at radius 1 is 1.09 bits per heavy atom. The summed E-state index contributed by atoms with van der Waals surface area (Å²) < 4.78 is 26.4. The molecule has 0 saturated heterocycles. The van der Waals surface area contributed by atoms with Gasteiger partial charge in [-0.25, -0.2) is 13.6 Å². The SMILES string of the molecule is O=C(NCc1cc(F)ccc1F)NCC(O)Cc1ccccc1. The fourth-order valence-electron chi connectivity index (χ4n) is 2.09. The zero-order valence-electron chi connectivity index (χ0n) is 12.4. The van der Waals surface area contributed by atoms with Gasteiger partial charge in [-0.05, 0) is 23.8 Å². The lowest BCUT2D eigenvalue weighted by molar-refractivity contribution is 0.170. The van der Waals surface area contributed by atoms with Gasteiger partial charge in [-0.1, -0.05) is 30.3 Å². The first-order chi connectivity index (χ1) is 11.0. The predicted molar refractivity (Wildman–Crippen MR) is 82.7 cm³/mol. The van der Waals surface area contributed by atoms with Crippen LogP contribution in [-0.2, 0) is 13.0 Å². The van der Waals surface area contributed by atoms with Crippen LogP contribution in [0.25, 0.3) is 0 Å². The third-order valence-corrected chi connectivity index (χ3v) is 3.26. The second-order valence-corrected chi connectivity index (χ2v) is 5.14. The van der Waals surface area contributed by atoms with Gasteiger partial charge in [0.15, 0.2) is 0 Å². The molecule has 0 heterocycles. The number of benzene rings is 2. The number of amides is 2. The molecule has 3 N–H and O–H groups in total. The Morgan fingerprint density at radius 2 is 1.83 bits per heavy atom. The molecule has 0 aromatic heterocycles. The molecule has 0 aliphatic carbocycles. The molecule has 2 amide bonds. The number of urea groups is 1. The van der Waals surface area contributed by atoms with Crippen molar-refractivity contribution in [2.24, 2.45) is 0 Å². The number of nitrogens with one attached hydrogen (secondary N) is 2. The zero-order valence-corrected chi connectivity index (χ0v) is 12.4. The van der Waals surface area contributed by atoms with Gasteiger partial charge in [0.2, 0.25) is 0 Å². The van der Waals surface area contributed by atoms with Crippen LogP contribution in [0, 0.1) is 11.6 Å². The van der Waals surface area contributed by atoms with Crippen molar-refractivity contribution in [3.8, 4) is 0 Å². The van der Waals surface area contributed by atoms with Gasteiger partial charge in [-0.15, -0.1) is 0 Å². The van der Waals surface area contributed by atoms with Crippen LogP contribution in [0.3, 0.4) is 0 Å². The molecule has 1 atom stereocenters. The van der Waals surface area contributed by atoms with Crippen LogP contribution in [0.5, 0.6) is 0 Å². The average Bonchev–Trinajstić information content (AvgIpc) is 2.54. The van der Waals surface area contributed by atoms with Crippen molar-refractivity contribution < 1.29 is 18.7 Å². The van der Waals surface area contributed by atoms with E-state index in [1.165, 1.54) is 0 Å². The minimum atomic E-state index is -0.728. The van der Waals surface area contributed by atoms with E-state index in [0.717, 1.165) is 23.8 Å². The minimum absolute atomic E-state index is 0.0602. The third-order valence-electron chi connectivity index (χ3n) is 3.26. The van der Waals surface area contributed by atoms with E-state index in [9.17, 15) is 18.7 Å². The number of carbonyl (C=O) groups excluding carboxylic acids is 1. The Bertz CT molecular complexity index is 650. The molecular formula is C17H18F2N2O2. The number of carbonyl (C=O) groups is 1. The fourth-order valence-corrected chi connectivity index (χ4v) is 2.09. The van der Waals surface area contributed by atoms with E-state index in [2.05, 4.69) is 10.6 Å². The molecule has 6 heteroatoms. The van der Waals surface area contributed by atoms with Crippen LogP contribution in [-0.4, -0.2) is 23.8 Å². The van der Waals surface area contributed by atoms with Gasteiger partial charge < -0.3 is 15.7 Å². The summed E-state index contributed by atoms with van der Waals surface area (Å²) in [4.78, 5) is 11.6. The molecule has 122 valence electrons. The topological polar surface area (TPSA) is 61.4 Å². The van der Waals surface area contributed by atoms with Crippen molar-refractivity contribution in [3.05, 3.63) is 71.3 Å². The van der Waals surface area contributed by atoms with Crippen LogP contribution in [0.2, 0.25) is 0 Å². The maximum Gasteiger partial charge on any atom is 0.315 e. The highest BCUT2D eigenvalue weighted by Crippen LogP contribution is 2.09. The van der Waals surface area contributed by atoms with Gasteiger partial charge in [-0.2, -0.15) is 0 Å². The lowest BCUT2D eigenvalue weighted by Crippen LogP contribution is -2.40. The number of hydrogen-bond acceptors (Lipinski definition) is 2. The molecule has 0 spiro atoms. The largest absolute Gasteiger partial charge is 0.391 e. The van der Waals surface area contributed by atoms with Crippen molar-refractivity contribution >= 4 is 6.03 Å². The summed E-state index contributed by atoms with van der Waals surface area (Å²) in [7, 11) is 0. The van der Waals surface area contributed by atoms with E-state index in [-0.39, 0.29) is 18.7 Å². The molecule has 0 aliphatic heterocycles. The number of aliphatic hydroxyl groups is 1. The first-order valence-electron chi connectivity index (χ1n) is 7.22. The lowest BCUT2D eigenvalue weighted by atomic mass is 10.1. The summed E-state index contributed by atoms with van der Waals surface area (Å²) in [5, 5.41) is 14.8. The van der Waals surface area contributed by atoms with Gasteiger partial charge in [0, 0.05) is 25.1 Å². The Labute approximate surface area is 133 Å². The quantitative estimate of drug-likeness (QED) is 0.765. The number of halogens is 2. The molecule has 0 aliphatic rings. The summed E-state index contributed by atoms with van der Waals surface area (Å²) in [5.41, 5.74) is 1.02. The standard InChI is InChI=1S/C17H18F2N2O2/c18-14-6-7-16(19)13(9-14)10-20-17(23)21-11-15(22)8-12-4-2-1-3-5-12/h1-7,9,15,22H,8,10-11H2,(H2,20,21,23). The van der Waals surface area contributed by atoms with Gasteiger partial charge in [0.05, 0.1) is 6.10 Å². The van der Waals surface area contributed by atoms with E-state index in [1.54, 1.807) is 0 Å². The maximum absolute atomic E-state index is 13.4. The Morgan fingerprint density at radius 3 is 2.57 bits per heavy atom. The molecule has 1 unspecified atom stereocenters. The van der Waals surface area contributed by atoms with E-state index in [4.69, 9.17) is 0 Å². The third kappa shape index (κ3) is 5.67. The predicted octanol–water partition coefficient (Wildman–Crippen LogP) is 2.37. The van der Waals surface area contributed by atoms with Crippen LogP contribution in [0.1, 0.15) is 11.1 Å². The van der Waals surface area contributed by atoms with Gasteiger partial charge in [0.1, 0.15) is 11.6 Å². The molecule has 4 nitrogen and oxygen atoms in total. The fraction of sp³-hybridized carbons (Fsp3) is 0.235. The second kappa shape index (κ2) is 8.24. The molecule has 23 heavy (non-hydrogen) atoms. The Balaban J connectivity index is 1.73. The molecule has 0 bridgehead atoms. The van der Waals surface area contributed by atoms with Gasteiger partial charge in [0.25, 0.3) is 0 Å². The molecule has 2 aromatic carbocycles.